The molecule has 2 aromatic rings. The van der Waals surface area contributed by atoms with Gasteiger partial charge in [-0.3, -0.25) is 4.98 Å². The fourth-order valence-corrected chi connectivity index (χ4v) is 1.81. The molecular formula is C15H13F3N2O3. The fourth-order valence-electron chi connectivity index (χ4n) is 1.81. The maximum absolute atomic E-state index is 11.9. The number of halogens is 3. The molecule has 8 heteroatoms. The second-order valence-corrected chi connectivity index (χ2v) is 4.79. The second kappa shape index (κ2) is 7.26. The van der Waals surface area contributed by atoms with Crippen LogP contribution in [0.4, 0.5) is 13.2 Å². The lowest BCUT2D eigenvalue weighted by Gasteiger charge is -2.14. The van der Waals surface area contributed by atoms with E-state index < -0.39 is 25.5 Å². The van der Waals surface area contributed by atoms with Gasteiger partial charge in [0.05, 0.1) is 30.0 Å². The number of hydrogen-bond acceptors (Lipinski definition) is 5. The fraction of sp³-hybridized carbons (Fsp3) is 0.333. The molecule has 1 atom stereocenters. The lowest BCUT2D eigenvalue weighted by molar-refractivity contribution is -0.179. The molecule has 0 aliphatic heterocycles. The van der Waals surface area contributed by atoms with Crippen molar-refractivity contribution in [1.29, 1.82) is 5.26 Å². The van der Waals surface area contributed by atoms with Gasteiger partial charge >= 0.3 is 6.18 Å². The van der Waals surface area contributed by atoms with Crippen molar-refractivity contribution >= 4 is 10.9 Å². The van der Waals surface area contributed by atoms with E-state index in [0.717, 1.165) is 0 Å². The number of aliphatic hydroxyl groups is 1. The van der Waals surface area contributed by atoms with Gasteiger partial charge in [0.2, 0.25) is 0 Å². The maximum Gasteiger partial charge on any atom is 0.411 e. The van der Waals surface area contributed by atoms with Crippen molar-refractivity contribution in [1.82, 2.24) is 4.98 Å². The maximum atomic E-state index is 11.9. The Labute approximate surface area is 129 Å². The predicted octanol–water partition coefficient (Wildman–Crippen LogP) is 2.43. The summed E-state index contributed by atoms with van der Waals surface area (Å²) in [5.74, 6) is 0.336. The van der Waals surface area contributed by atoms with Gasteiger partial charge in [0.1, 0.15) is 25.1 Å². The Morgan fingerprint density at radius 1 is 1.26 bits per heavy atom. The molecule has 2 rings (SSSR count). The SMILES string of the molecule is N#Cc1ccc2ncc(OCC(O)COCC(F)(F)F)cc2c1. The summed E-state index contributed by atoms with van der Waals surface area (Å²) in [5, 5.41) is 19.1. The van der Waals surface area contributed by atoms with Gasteiger partial charge in [-0.15, -0.1) is 0 Å². The number of nitriles is 1. The molecule has 1 N–H and O–H groups in total. The molecule has 0 aliphatic carbocycles. The van der Waals surface area contributed by atoms with Gasteiger partial charge in [0.15, 0.2) is 0 Å². The Hall–Kier alpha value is -2.37. The summed E-state index contributed by atoms with van der Waals surface area (Å²) in [7, 11) is 0. The van der Waals surface area contributed by atoms with Crippen LogP contribution in [0.25, 0.3) is 10.9 Å². The highest BCUT2D eigenvalue weighted by atomic mass is 19.4. The smallest absolute Gasteiger partial charge is 0.411 e. The number of aliphatic hydroxyl groups excluding tert-OH is 1. The Kier molecular flexibility index (Phi) is 5.36. The minimum absolute atomic E-state index is 0.233. The molecule has 0 amide bonds. The van der Waals surface area contributed by atoms with E-state index in [9.17, 15) is 18.3 Å². The Bertz CT molecular complexity index is 713. The predicted molar refractivity (Wildman–Crippen MR) is 74.8 cm³/mol. The van der Waals surface area contributed by atoms with E-state index in [1.807, 2.05) is 6.07 Å². The largest absolute Gasteiger partial charge is 0.489 e. The van der Waals surface area contributed by atoms with Gasteiger partial charge in [-0.2, -0.15) is 18.4 Å². The van der Waals surface area contributed by atoms with Gasteiger partial charge < -0.3 is 14.6 Å². The van der Waals surface area contributed by atoms with Gasteiger partial charge in [0, 0.05) is 5.39 Å². The summed E-state index contributed by atoms with van der Waals surface area (Å²) < 4.78 is 45.3. The Morgan fingerprint density at radius 2 is 2.04 bits per heavy atom. The summed E-state index contributed by atoms with van der Waals surface area (Å²) in [4.78, 5) is 4.13. The van der Waals surface area contributed by atoms with E-state index in [1.54, 1.807) is 24.3 Å². The molecule has 23 heavy (non-hydrogen) atoms. The molecule has 0 aliphatic rings. The molecule has 1 unspecified atom stereocenters. The molecule has 0 saturated carbocycles. The minimum Gasteiger partial charge on any atom is -0.489 e. The minimum atomic E-state index is -4.43. The molecule has 0 spiro atoms. The molecule has 1 aromatic carbocycles. The van der Waals surface area contributed by atoms with Crippen molar-refractivity contribution in [2.75, 3.05) is 19.8 Å². The molecule has 0 fully saturated rings. The first kappa shape index (κ1) is 17.0. The number of alkyl halides is 3. The van der Waals surface area contributed by atoms with Crippen LogP contribution < -0.4 is 4.74 Å². The first-order chi connectivity index (χ1) is 10.9. The first-order valence-corrected chi connectivity index (χ1v) is 6.62. The Balaban J connectivity index is 1.90. The summed E-state index contributed by atoms with van der Waals surface area (Å²) in [6, 6.07) is 8.60. The number of rotatable bonds is 6. The van der Waals surface area contributed by atoms with E-state index in [4.69, 9.17) is 10.00 Å². The standard InChI is InChI=1S/C15H13F3N2O3/c16-15(17,18)9-22-7-12(21)8-23-13-4-11-3-10(5-19)1-2-14(11)20-6-13/h1-4,6,12,21H,7-9H2. The molecule has 5 nitrogen and oxygen atoms in total. The zero-order valence-electron chi connectivity index (χ0n) is 11.9. The summed E-state index contributed by atoms with van der Waals surface area (Å²) >= 11 is 0. The highest BCUT2D eigenvalue weighted by Gasteiger charge is 2.27. The molecule has 0 radical (unpaired) electrons. The number of fused-ring (bicyclic) bond motifs is 1. The lowest BCUT2D eigenvalue weighted by Crippen LogP contribution is -2.27. The molecule has 1 aromatic heterocycles. The lowest BCUT2D eigenvalue weighted by atomic mass is 10.1. The van der Waals surface area contributed by atoms with Crippen LogP contribution in [-0.4, -0.2) is 42.2 Å². The van der Waals surface area contributed by atoms with E-state index in [0.29, 0.717) is 22.2 Å². The third kappa shape index (κ3) is 5.39. The highest BCUT2D eigenvalue weighted by molar-refractivity contribution is 5.81. The number of ether oxygens (including phenoxy) is 2. The average molecular weight is 326 g/mol. The van der Waals surface area contributed by atoms with Gasteiger partial charge in [-0.25, -0.2) is 0 Å². The van der Waals surface area contributed by atoms with Crippen molar-refractivity contribution in [2.24, 2.45) is 0 Å². The number of benzene rings is 1. The third-order valence-corrected chi connectivity index (χ3v) is 2.80. The zero-order valence-corrected chi connectivity index (χ0v) is 11.9. The van der Waals surface area contributed by atoms with Crippen LogP contribution in [0.15, 0.2) is 30.5 Å². The van der Waals surface area contributed by atoms with E-state index >= 15 is 0 Å². The topological polar surface area (TPSA) is 75.4 Å². The van der Waals surface area contributed by atoms with Crippen LogP contribution in [0.2, 0.25) is 0 Å². The number of aromatic nitrogens is 1. The number of hydrogen-bond donors (Lipinski definition) is 1. The third-order valence-electron chi connectivity index (χ3n) is 2.80. The quantitative estimate of drug-likeness (QED) is 0.882. The van der Waals surface area contributed by atoms with Crippen molar-refractivity contribution in [3.05, 3.63) is 36.0 Å². The van der Waals surface area contributed by atoms with E-state index in [1.165, 1.54) is 6.20 Å². The summed E-state index contributed by atoms with van der Waals surface area (Å²) in [5.41, 5.74) is 1.14. The highest BCUT2D eigenvalue weighted by Crippen LogP contribution is 2.20. The van der Waals surface area contributed by atoms with Gasteiger partial charge in [-0.05, 0) is 24.3 Å². The number of pyridine rings is 1. The van der Waals surface area contributed by atoms with Crippen LogP contribution in [-0.2, 0) is 4.74 Å². The van der Waals surface area contributed by atoms with Gasteiger partial charge in [-0.1, -0.05) is 0 Å². The van der Waals surface area contributed by atoms with Crippen LogP contribution in [0.1, 0.15) is 5.56 Å². The summed E-state index contributed by atoms with van der Waals surface area (Å²) in [6.45, 7) is -2.14. The Morgan fingerprint density at radius 3 is 2.74 bits per heavy atom. The van der Waals surface area contributed by atoms with Crippen LogP contribution in [0, 0.1) is 11.3 Å². The normalized spacial score (nSPS) is 12.8. The summed E-state index contributed by atoms with van der Waals surface area (Å²) in [6.07, 6.45) is -4.20. The monoisotopic (exact) mass is 326 g/mol. The van der Waals surface area contributed by atoms with Crippen molar-refractivity contribution in [2.45, 2.75) is 12.3 Å². The van der Waals surface area contributed by atoms with E-state index in [-0.39, 0.29) is 6.61 Å². The first-order valence-electron chi connectivity index (χ1n) is 6.62. The molecular weight excluding hydrogens is 313 g/mol. The molecule has 0 saturated heterocycles. The van der Waals surface area contributed by atoms with Crippen LogP contribution >= 0.6 is 0 Å². The van der Waals surface area contributed by atoms with Crippen molar-refractivity contribution in [3.8, 4) is 11.8 Å². The molecule has 1 heterocycles. The van der Waals surface area contributed by atoms with Gasteiger partial charge in [0.25, 0.3) is 0 Å². The second-order valence-electron chi connectivity index (χ2n) is 4.79. The van der Waals surface area contributed by atoms with E-state index in [2.05, 4.69) is 9.72 Å². The number of nitrogens with zero attached hydrogens (tertiary/aromatic N) is 2. The van der Waals surface area contributed by atoms with Crippen LogP contribution in [0.5, 0.6) is 5.75 Å². The van der Waals surface area contributed by atoms with Crippen molar-refractivity contribution in [3.63, 3.8) is 0 Å². The average Bonchev–Trinajstić information content (AvgIpc) is 2.50. The molecule has 0 bridgehead atoms. The van der Waals surface area contributed by atoms with Crippen LogP contribution in [0.3, 0.4) is 0 Å². The zero-order chi connectivity index (χ0) is 16.9. The van der Waals surface area contributed by atoms with Crippen molar-refractivity contribution < 1.29 is 27.8 Å². The molecule has 122 valence electrons.